The molecule has 0 aromatic heterocycles. The van der Waals surface area contributed by atoms with Crippen LogP contribution in [0.4, 0.5) is 5.69 Å². The maximum absolute atomic E-state index is 13.9. The van der Waals surface area contributed by atoms with Crippen LogP contribution in [0.3, 0.4) is 0 Å². The number of nitrogens with zero attached hydrogens (tertiary/aromatic N) is 2. The normalized spacial score (nSPS) is 12.0. The lowest BCUT2D eigenvalue weighted by molar-refractivity contribution is -0.140. The summed E-state index contributed by atoms with van der Waals surface area (Å²) in [5, 5.41) is 3.01. The Morgan fingerprint density at radius 1 is 0.973 bits per heavy atom. The van der Waals surface area contributed by atoms with Gasteiger partial charge in [0.2, 0.25) is 11.8 Å². The van der Waals surface area contributed by atoms with Crippen LogP contribution in [0.5, 0.6) is 0 Å². The van der Waals surface area contributed by atoms with Crippen LogP contribution in [-0.2, 0) is 26.2 Å². The number of hydrogen-bond donors (Lipinski definition) is 1. The Morgan fingerprint density at radius 3 is 2.27 bits per heavy atom. The molecule has 0 saturated heterocycles. The van der Waals surface area contributed by atoms with Crippen LogP contribution in [0, 0.1) is 13.8 Å². The summed E-state index contributed by atoms with van der Waals surface area (Å²) < 4.78 is 28.7. The summed E-state index contributed by atoms with van der Waals surface area (Å²) in [6.45, 7) is 5.12. The van der Waals surface area contributed by atoms with Gasteiger partial charge in [-0.25, -0.2) is 8.42 Å². The lowest BCUT2D eigenvalue weighted by Crippen LogP contribution is -2.51. The van der Waals surface area contributed by atoms with Crippen molar-refractivity contribution in [3.05, 3.63) is 94.5 Å². The summed E-state index contributed by atoms with van der Waals surface area (Å²) in [4.78, 5) is 28.2. The van der Waals surface area contributed by atoms with Gasteiger partial charge in [-0.15, -0.1) is 0 Å². The lowest BCUT2D eigenvalue weighted by Gasteiger charge is -2.33. The van der Waals surface area contributed by atoms with E-state index in [2.05, 4.69) is 5.32 Å². The van der Waals surface area contributed by atoms with Crippen molar-refractivity contribution in [2.45, 2.75) is 44.7 Å². The van der Waals surface area contributed by atoms with E-state index in [9.17, 15) is 18.0 Å². The number of carbonyl (C=O) groups is 2. The number of nitrogens with one attached hydrogen (secondary N) is 1. The molecule has 37 heavy (non-hydrogen) atoms. The molecule has 0 heterocycles. The van der Waals surface area contributed by atoms with Gasteiger partial charge in [0, 0.05) is 18.6 Å². The number of rotatable bonds is 10. The zero-order valence-electron chi connectivity index (χ0n) is 21.4. The summed E-state index contributed by atoms with van der Waals surface area (Å²) in [7, 11) is -2.62. The third kappa shape index (κ3) is 6.50. The Balaban J connectivity index is 2.10. The van der Waals surface area contributed by atoms with Crippen molar-refractivity contribution < 1.29 is 18.0 Å². The van der Waals surface area contributed by atoms with Crippen LogP contribution in [0.15, 0.2) is 77.7 Å². The molecule has 0 unspecified atom stereocenters. The van der Waals surface area contributed by atoms with Crippen LogP contribution < -0.4 is 9.62 Å². The summed E-state index contributed by atoms with van der Waals surface area (Å²) in [5.41, 5.74) is 2.68. The second-order valence-corrected chi connectivity index (χ2v) is 11.0. The van der Waals surface area contributed by atoms with Gasteiger partial charge in [-0.1, -0.05) is 72.6 Å². The largest absolute Gasteiger partial charge is 0.357 e. The number of carbonyl (C=O) groups excluding carboxylic acids is 2. The maximum Gasteiger partial charge on any atom is 0.264 e. The minimum Gasteiger partial charge on any atom is -0.357 e. The fourth-order valence-corrected chi connectivity index (χ4v) is 5.85. The molecule has 0 aliphatic carbocycles. The van der Waals surface area contributed by atoms with Crippen LogP contribution in [0.25, 0.3) is 0 Å². The molecule has 0 saturated carbocycles. The zero-order chi connectivity index (χ0) is 27.2. The molecule has 0 fully saturated rings. The fraction of sp³-hybridized carbons (Fsp3) is 0.286. The molecule has 0 bridgehead atoms. The highest BCUT2D eigenvalue weighted by molar-refractivity contribution is 7.92. The molecular weight excluding hydrogens is 510 g/mol. The second-order valence-electron chi connectivity index (χ2n) is 8.76. The fourth-order valence-electron chi connectivity index (χ4n) is 4.19. The molecule has 3 aromatic rings. The van der Waals surface area contributed by atoms with Gasteiger partial charge in [0.25, 0.3) is 10.0 Å². The Bertz CT molecular complexity index is 1360. The second kappa shape index (κ2) is 12.3. The number of benzene rings is 3. The van der Waals surface area contributed by atoms with E-state index < -0.39 is 28.5 Å². The quantitative estimate of drug-likeness (QED) is 0.403. The average Bonchev–Trinajstić information content (AvgIpc) is 2.89. The summed E-state index contributed by atoms with van der Waals surface area (Å²) in [6, 6.07) is 19.7. The van der Waals surface area contributed by atoms with Gasteiger partial charge < -0.3 is 10.2 Å². The van der Waals surface area contributed by atoms with Crippen molar-refractivity contribution in [2.75, 3.05) is 17.9 Å². The Morgan fingerprint density at radius 2 is 1.65 bits per heavy atom. The first-order chi connectivity index (χ1) is 17.6. The summed E-state index contributed by atoms with van der Waals surface area (Å²) in [6.07, 6.45) is 0.360. The van der Waals surface area contributed by atoms with Gasteiger partial charge in [0.1, 0.15) is 12.6 Å². The van der Waals surface area contributed by atoms with Crippen LogP contribution in [-0.4, -0.2) is 44.8 Å². The predicted octanol–water partition coefficient (Wildman–Crippen LogP) is 4.71. The Labute approximate surface area is 224 Å². The number of sulfonamides is 1. The number of halogens is 1. The van der Waals surface area contributed by atoms with Gasteiger partial charge in [-0.05, 0) is 55.7 Å². The third-order valence-corrected chi connectivity index (χ3v) is 8.37. The summed E-state index contributed by atoms with van der Waals surface area (Å²) in [5.74, 6) is -0.823. The molecule has 0 radical (unpaired) electrons. The van der Waals surface area contributed by atoms with E-state index in [0.717, 1.165) is 15.4 Å². The van der Waals surface area contributed by atoms with E-state index in [1.807, 2.05) is 38.1 Å². The molecule has 3 rings (SSSR count). The van der Waals surface area contributed by atoms with Crippen LogP contribution in [0.1, 0.15) is 30.0 Å². The standard InChI is InChI=1S/C28H32ClN3O4S/c1-5-25(28(34)30-4)31(18-22-12-9-11-20(2)17-22)27(33)19-32(26-16-10-15-24(29)21(26)3)37(35,36)23-13-7-6-8-14-23/h6-17,25H,5,18-19H2,1-4H3,(H,30,34)/t25-/m1/s1. The predicted molar refractivity (Wildman–Crippen MR) is 147 cm³/mol. The Kier molecular flexibility index (Phi) is 9.34. The highest BCUT2D eigenvalue weighted by Crippen LogP contribution is 2.31. The molecule has 0 aliphatic heterocycles. The molecule has 2 amide bonds. The van der Waals surface area contributed by atoms with Gasteiger partial charge in [-0.2, -0.15) is 0 Å². The van der Waals surface area contributed by atoms with Crippen molar-refractivity contribution >= 4 is 39.1 Å². The highest BCUT2D eigenvalue weighted by atomic mass is 35.5. The third-order valence-electron chi connectivity index (χ3n) is 6.19. The minimum absolute atomic E-state index is 0.0470. The number of anilines is 1. The zero-order valence-corrected chi connectivity index (χ0v) is 23.0. The molecule has 0 aliphatic rings. The van der Waals surface area contributed by atoms with Crippen molar-refractivity contribution in [2.24, 2.45) is 0 Å². The van der Waals surface area contributed by atoms with Crippen molar-refractivity contribution in [3.63, 3.8) is 0 Å². The minimum atomic E-state index is -4.13. The van der Waals surface area contributed by atoms with Crippen LogP contribution >= 0.6 is 11.6 Å². The molecule has 9 heteroatoms. The van der Waals surface area contributed by atoms with Crippen molar-refractivity contribution in [1.82, 2.24) is 10.2 Å². The molecular formula is C28H32ClN3O4S. The molecule has 0 spiro atoms. The van der Waals surface area contributed by atoms with E-state index in [1.165, 1.54) is 24.1 Å². The number of amides is 2. The molecule has 3 aromatic carbocycles. The first-order valence-corrected chi connectivity index (χ1v) is 13.8. The number of likely N-dealkylation sites (N-methyl/N-ethyl adjacent to an activating group) is 1. The maximum atomic E-state index is 13.9. The van der Waals surface area contributed by atoms with E-state index in [1.54, 1.807) is 43.3 Å². The first kappa shape index (κ1) is 28.2. The molecule has 1 N–H and O–H groups in total. The highest BCUT2D eigenvalue weighted by Gasteiger charge is 2.34. The Hall–Kier alpha value is -3.36. The van der Waals surface area contributed by atoms with Crippen LogP contribution in [0.2, 0.25) is 5.02 Å². The van der Waals surface area contributed by atoms with E-state index in [-0.39, 0.29) is 17.3 Å². The van der Waals surface area contributed by atoms with E-state index in [0.29, 0.717) is 22.7 Å². The van der Waals surface area contributed by atoms with Gasteiger partial charge >= 0.3 is 0 Å². The monoisotopic (exact) mass is 541 g/mol. The van der Waals surface area contributed by atoms with Crippen molar-refractivity contribution in [1.29, 1.82) is 0 Å². The van der Waals surface area contributed by atoms with Gasteiger partial charge in [0.05, 0.1) is 10.6 Å². The van der Waals surface area contributed by atoms with Gasteiger partial charge in [-0.3, -0.25) is 13.9 Å². The number of hydrogen-bond acceptors (Lipinski definition) is 4. The average molecular weight is 542 g/mol. The smallest absolute Gasteiger partial charge is 0.264 e. The topological polar surface area (TPSA) is 86.8 Å². The van der Waals surface area contributed by atoms with E-state index in [4.69, 9.17) is 11.6 Å². The first-order valence-electron chi connectivity index (χ1n) is 12.0. The van der Waals surface area contributed by atoms with Gasteiger partial charge in [0.15, 0.2) is 0 Å². The lowest BCUT2D eigenvalue weighted by atomic mass is 10.1. The van der Waals surface area contributed by atoms with E-state index >= 15 is 0 Å². The SMILES string of the molecule is CC[C@H](C(=O)NC)N(Cc1cccc(C)c1)C(=O)CN(c1cccc(Cl)c1C)S(=O)(=O)c1ccccc1. The summed E-state index contributed by atoms with van der Waals surface area (Å²) >= 11 is 6.34. The van der Waals surface area contributed by atoms with Crippen molar-refractivity contribution in [3.8, 4) is 0 Å². The molecule has 7 nitrogen and oxygen atoms in total. The molecule has 196 valence electrons. The molecule has 1 atom stereocenters. The number of aryl methyl sites for hydroxylation is 1.